The van der Waals surface area contributed by atoms with Crippen LogP contribution in [-0.2, 0) is 6.54 Å². The van der Waals surface area contributed by atoms with E-state index in [-0.39, 0.29) is 5.69 Å². The topological polar surface area (TPSA) is 77.2 Å². The molecule has 2 aromatic rings. The molecule has 6 nitrogen and oxygen atoms in total. The first-order valence-corrected chi connectivity index (χ1v) is 5.90. The van der Waals surface area contributed by atoms with Crippen molar-refractivity contribution in [2.45, 2.75) is 20.4 Å². The molecule has 0 amide bonds. The predicted octanol–water partition coefficient (Wildman–Crippen LogP) is 1.67. The van der Waals surface area contributed by atoms with E-state index in [1.165, 1.54) is 16.4 Å². The Morgan fingerprint density at radius 3 is 2.84 bits per heavy atom. The summed E-state index contributed by atoms with van der Waals surface area (Å²) in [5.41, 5.74) is 2.20. The standard InChI is InChI=1S/C13H15N3O3/c1-9-3-4-12(10(2)7-9)19-6-5-16-8-11(13(17)18)14-15-16/h3-4,7-8H,5-6H2,1-2H3,(H,17,18). The molecule has 6 heteroatoms. The molecule has 0 aliphatic heterocycles. The lowest BCUT2D eigenvalue weighted by molar-refractivity contribution is 0.0690. The molecule has 0 saturated carbocycles. The smallest absolute Gasteiger partial charge is 0.358 e. The minimum absolute atomic E-state index is 0.0634. The van der Waals surface area contributed by atoms with Crippen LogP contribution in [0, 0.1) is 13.8 Å². The highest BCUT2D eigenvalue weighted by atomic mass is 16.5. The van der Waals surface area contributed by atoms with Crippen molar-refractivity contribution in [1.82, 2.24) is 15.0 Å². The van der Waals surface area contributed by atoms with Gasteiger partial charge in [0.1, 0.15) is 12.4 Å². The van der Waals surface area contributed by atoms with Gasteiger partial charge in [-0.15, -0.1) is 5.10 Å². The van der Waals surface area contributed by atoms with Crippen molar-refractivity contribution in [2.24, 2.45) is 0 Å². The van der Waals surface area contributed by atoms with Crippen molar-refractivity contribution in [3.63, 3.8) is 0 Å². The van der Waals surface area contributed by atoms with Crippen LogP contribution in [0.5, 0.6) is 5.75 Å². The summed E-state index contributed by atoms with van der Waals surface area (Å²) in [6.07, 6.45) is 1.38. The molecule has 0 fully saturated rings. The first-order chi connectivity index (χ1) is 9.06. The summed E-state index contributed by atoms with van der Waals surface area (Å²) in [4.78, 5) is 10.6. The Hall–Kier alpha value is -2.37. The number of nitrogens with zero attached hydrogens (tertiary/aromatic N) is 3. The van der Waals surface area contributed by atoms with Gasteiger partial charge in [-0.3, -0.25) is 0 Å². The van der Waals surface area contributed by atoms with Crippen LogP contribution in [0.25, 0.3) is 0 Å². The van der Waals surface area contributed by atoms with Crippen molar-refractivity contribution >= 4 is 5.97 Å². The van der Waals surface area contributed by atoms with E-state index in [1.807, 2.05) is 32.0 Å². The summed E-state index contributed by atoms with van der Waals surface area (Å²) >= 11 is 0. The van der Waals surface area contributed by atoms with Gasteiger partial charge in [-0.25, -0.2) is 9.48 Å². The highest BCUT2D eigenvalue weighted by Gasteiger charge is 2.08. The Bertz CT molecular complexity index is 593. The number of carboxylic acid groups (broad SMARTS) is 1. The van der Waals surface area contributed by atoms with E-state index in [1.54, 1.807) is 0 Å². The molecule has 100 valence electrons. The maximum Gasteiger partial charge on any atom is 0.358 e. The molecule has 0 bridgehead atoms. The van der Waals surface area contributed by atoms with Crippen LogP contribution in [0.2, 0.25) is 0 Å². The van der Waals surface area contributed by atoms with Gasteiger partial charge in [0.2, 0.25) is 0 Å². The normalized spacial score (nSPS) is 10.4. The van der Waals surface area contributed by atoms with E-state index in [2.05, 4.69) is 10.3 Å². The molecule has 0 aliphatic carbocycles. The van der Waals surface area contributed by atoms with Crippen LogP contribution in [0.4, 0.5) is 0 Å². The second kappa shape index (κ2) is 5.51. The molecule has 1 aromatic carbocycles. The second-order valence-corrected chi connectivity index (χ2v) is 4.29. The zero-order chi connectivity index (χ0) is 13.8. The third-order valence-corrected chi connectivity index (χ3v) is 2.67. The molecule has 1 aromatic heterocycles. The lowest BCUT2D eigenvalue weighted by Crippen LogP contribution is -2.09. The third-order valence-electron chi connectivity index (χ3n) is 2.67. The molecule has 0 saturated heterocycles. The first-order valence-electron chi connectivity index (χ1n) is 5.90. The van der Waals surface area contributed by atoms with E-state index in [0.717, 1.165) is 11.3 Å². The van der Waals surface area contributed by atoms with E-state index in [9.17, 15) is 4.79 Å². The summed E-state index contributed by atoms with van der Waals surface area (Å²) in [6, 6.07) is 5.96. The van der Waals surface area contributed by atoms with E-state index in [4.69, 9.17) is 9.84 Å². The van der Waals surface area contributed by atoms with Crippen LogP contribution in [0.15, 0.2) is 24.4 Å². The fourth-order valence-corrected chi connectivity index (χ4v) is 1.72. The van der Waals surface area contributed by atoms with Crippen molar-refractivity contribution in [3.05, 3.63) is 41.2 Å². The molecule has 1 heterocycles. The minimum Gasteiger partial charge on any atom is -0.491 e. The minimum atomic E-state index is -1.08. The number of ether oxygens (including phenoxy) is 1. The molecular weight excluding hydrogens is 246 g/mol. The average Bonchev–Trinajstić information content (AvgIpc) is 2.81. The zero-order valence-electron chi connectivity index (χ0n) is 10.8. The molecule has 1 N–H and O–H groups in total. The maximum atomic E-state index is 10.6. The van der Waals surface area contributed by atoms with Gasteiger partial charge in [0, 0.05) is 0 Å². The lowest BCUT2D eigenvalue weighted by atomic mass is 10.1. The van der Waals surface area contributed by atoms with Crippen LogP contribution in [-0.4, -0.2) is 32.7 Å². The fraction of sp³-hybridized carbons (Fsp3) is 0.308. The van der Waals surface area contributed by atoms with E-state index >= 15 is 0 Å². The molecular formula is C13H15N3O3. The summed E-state index contributed by atoms with van der Waals surface area (Å²) in [5.74, 6) is -0.259. The Morgan fingerprint density at radius 1 is 1.42 bits per heavy atom. The Kier molecular flexibility index (Phi) is 3.79. The highest BCUT2D eigenvalue weighted by molar-refractivity contribution is 5.84. The van der Waals surface area contributed by atoms with Crippen molar-refractivity contribution in [1.29, 1.82) is 0 Å². The van der Waals surface area contributed by atoms with Gasteiger partial charge in [0.25, 0.3) is 0 Å². The van der Waals surface area contributed by atoms with E-state index < -0.39 is 5.97 Å². The Labute approximate surface area is 110 Å². The Balaban J connectivity index is 1.90. The summed E-state index contributed by atoms with van der Waals surface area (Å²) in [5, 5.41) is 16.0. The maximum absolute atomic E-state index is 10.6. The first kappa shape index (κ1) is 13.1. The Morgan fingerprint density at radius 2 is 2.21 bits per heavy atom. The molecule has 0 unspecified atom stereocenters. The molecule has 0 aliphatic rings. The van der Waals surface area contributed by atoms with Crippen molar-refractivity contribution in [2.75, 3.05) is 6.61 Å². The van der Waals surface area contributed by atoms with Crippen LogP contribution in [0.1, 0.15) is 21.6 Å². The summed E-state index contributed by atoms with van der Waals surface area (Å²) in [6.45, 7) is 4.87. The number of hydrogen-bond donors (Lipinski definition) is 1. The number of carbonyl (C=O) groups is 1. The largest absolute Gasteiger partial charge is 0.491 e. The van der Waals surface area contributed by atoms with Crippen LogP contribution >= 0.6 is 0 Å². The van der Waals surface area contributed by atoms with Crippen LogP contribution < -0.4 is 4.74 Å². The van der Waals surface area contributed by atoms with Crippen molar-refractivity contribution < 1.29 is 14.6 Å². The average molecular weight is 261 g/mol. The number of aromatic nitrogens is 3. The van der Waals surface area contributed by atoms with Gasteiger partial charge >= 0.3 is 5.97 Å². The monoisotopic (exact) mass is 261 g/mol. The summed E-state index contributed by atoms with van der Waals surface area (Å²) in [7, 11) is 0. The molecule has 0 spiro atoms. The van der Waals surface area contributed by atoms with Gasteiger partial charge < -0.3 is 9.84 Å². The molecule has 2 rings (SSSR count). The number of benzene rings is 1. The number of aromatic carboxylic acids is 1. The zero-order valence-corrected chi connectivity index (χ0v) is 10.8. The number of rotatable bonds is 5. The quantitative estimate of drug-likeness (QED) is 0.885. The van der Waals surface area contributed by atoms with E-state index in [0.29, 0.717) is 13.2 Å². The van der Waals surface area contributed by atoms with Gasteiger partial charge in [0.15, 0.2) is 5.69 Å². The summed E-state index contributed by atoms with van der Waals surface area (Å²) < 4.78 is 7.08. The van der Waals surface area contributed by atoms with Crippen molar-refractivity contribution in [3.8, 4) is 5.75 Å². The molecule has 19 heavy (non-hydrogen) atoms. The number of hydrogen-bond acceptors (Lipinski definition) is 4. The highest BCUT2D eigenvalue weighted by Crippen LogP contribution is 2.18. The molecule has 0 radical (unpaired) electrons. The van der Waals surface area contributed by atoms with Gasteiger partial charge in [-0.2, -0.15) is 0 Å². The molecule has 0 atom stereocenters. The van der Waals surface area contributed by atoms with Gasteiger partial charge in [0.05, 0.1) is 12.7 Å². The van der Waals surface area contributed by atoms with Gasteiger partial charge in [-0.05, 0) is 25.5 Å². The predicted molar refractivity (Wildman–Crippen MR) is 68.4 cm³/mol. The van der Waals surface area contributed by atoms with Gasteiger partial charge in [-0.1, -0.05) is 22.9 Å². The van der Waals surface area contributed by atoms with Crippen LogP contribution in [0.3, 0.4) is 0 Å². The SMILES string of the molecule is Cc1ccc(OCCn2cc(C(=O)O)nn2)c(C)c1. The second-order valence-electron chi connectivity index (χ2n) is 4.29. The number of carboxylic acids is 1. The number of aryl methyl sites for hydroxylation is 2. The lowest BCUT2D eigenvalue weighted by Gasteiger charge is -2.09. The third kappa shape index (κ3) is 3.31. The fourth-order valence-electron chi connectivity index (χ4n) is 1.72.